The van der Waals surface area contributed by atoms with Crippen LogP contribution in [0.1, 0.15) is 19.0 Å². The molecular weight excluding hydrogens is 340 g/mol. The number of carbonyl (C=O) groups excluding carboxylic acids is 2. The molecule has 1 aromatic carbocycles. The summed E-state index contributed by atoms with van der Waals surface area (Å²) >= 11 is 0. The molecule has 1 saturated heterocycles. The molecule has 0 spiro atoms. The highest BCUT2D eigenvalue weighted by atomic mass is 16.2. The zero-order valence-corrected chi connectivity index (χ0v) is 15.3. The Morgan fingerprint density at radius 1 is 1.19 bits per heavy atom. The topological polar surface area (TPSA) is 57.9 Å². The molecule has 0 radical (unpaired) electrons. The van der Waals surface area contributed by atoms with Gasteiger partial charge in [-0.05, 0) is 31.2 Å². The van der Waals surface area contributed by atoms with Crippen molar-refractivity contribution in [3.8, 4) is 0 Å². The number of fused-ring (bicyclic) bond motifs is 1. The summed E-state index contributed by atoms with van der Waals surface area (Å²) in [6, 6.07) is 15.4. The number of aromatic nitrogens is 2. The molecule has 4 rings (SSSR count). The first kappa shape index (κ1) is 17.3. The lowest BCUT2D eigenvalue weighted by molar-refractivity contribution is -0.136. The van der Waals surface area contributed by atoms with Gasteiger partial charge in [0.2, 0.25) is 11.8 Å². The molecule has 3 heterocycles. The maximum atomic E-state index is 13.1. The van der Waals surface area contributed by atoms with Crippen LogP contribution in [0, 0.1) is 5.92 Å². The van der Waals surface area contributed by atoms with E-state index < -0.39 is 0 Å². The van der Waals surface area contributed by atoms with E-state index in [4.69, 9.17) is 0 Å². The largest absolute Gasteiger partial charge is 0.337 e. The molecule has 2 amide bonds. The van der Waals surface area contributed by atoms with Crippen LogP contribution in [0.15, 0.2) is 60.9 Å². The Morgan fingerprint density at radius 2 is 1.96 bits per heavy atom. The molecule has 1 unspecified atom stereocenters. The van der Waals surface area contributed by atoms with Crippen molar-refractivity contribution in [3.63, 3.8) is 0 Å². The number of imidazole rings is 1. The lowest BCUT2D eigenvalue weighted by atomic mass is 10.1. The first-order valence-electron chi connectivity index (χ1n) is 9.22. The molecule has 1 atom stereocenters. The average Bonchev–Trinajstić information content (AvgIpc) is 3.30. The van der Waals surface area contributed by atoms with Crippen LogP contribution in [0.4, 0.5) is 5.69 Å². The van der Waals surface area contributed by atoms with Crippen LogP contribution in [0.3, 0.4) is 0 Å². The number of nitrogens with zero attached hydrogens (tertiary/aromatic N) is 4. The van der Waals surface area contributed by atoms with Gasteiger partial charge in [0.15, 0.2) is 0 Å². The number of carbonyl (C=O) groups is 2. The van der Waals surface area contributed by atoms with Crippen LogP contribution in [-0.4, -0.2) is 39.2 Å². The highest BCUT2D eigenvalue weighted by Gasteiger charge is 2.37. The summed E-state index contributed by atoms with van der Waals surface area (Å²) < 4.78 is 1.99. The third kappa shape index (κ3) is 3.30. The summed E-state index contributed by atoms with van der Waals surface area (Å²) in [5.41, 5.74) is 2.68. The predicted molar refractivity (Wildman–Crippen MR) is 103 cm³/mol. The Labute approximate surface area is 158 Å². The number of para-hydroxylation sites is 1. The molecule has 0 aliphatic carbocycles. The van der Waals surface area contributed by atoms with Crippen molar-refractivity contribution in [2.45, 2.75) is 19.9 Å². The Bertz CT molecular complexity index is 966. The number of rotatable bonds is 5. The molecule has 0 saturated carbocycles. The highest BCUT2D eigenvalue weighted by molar-refractivity contribution is 6.00. The maximum Gasteiger partial charge on any atom is 0.228 e. The van der Waals surface area contributed by atoms with Gasteiger partial charge in [-0.1, -0.05) is 24.3 Å². The molecule has 3 aromatic rings. The van der Waals surface area contributed by atoms with Gasteiger partial charge in [0, 0.05) is 31.4 Å². The number of hydrogen-bond donors (Lipinski definition) is 0. The number of benzene rings is 1. The summed E-state index contributed by atoms with van der Waals surface area (Å²) in [7, 11) is 0. The number of pyridine rings is 1. The Morgan fingerprint density at radius 3 is 2.74 bits per heavy atom. The fourth-order valence-electron chi connectivity index (χ4n) is 3.63. The van der Waals surface area contributed by atoms with E-state index in [1.807, 2.05) is 71.0 Å². The summed E-state index contributed by atoms with van der Waals surface area (Å²) in [5, 5.41) is 0. The number of amides is 2. The monoisotopic (exact) mass is 362 g/mol. The van der Waals surface area contributed by atoms with Crippen molar-refractivity contribution < 1.29 is 9.59 Å². The van der Waals surface area contributed by atoms with E-state index in [1.54, 1.807) is 11.1 Å². The van der Waals surface area contributed by atoms with E-state index in [-0.39, 0.29) is 24.2 Å². The van der Waals surface area contributed by atoms with Gasteiger partial charge >= 0.3 is 0 Å². The van der Waals surface area contributed by atoms with E-state index in [0.717, 1.165) is 17.0 Å². The van der Waals surface area contributed by atoms with Crippen molar-refractivity contribution in [1.82, 2.24) is 14.3 Å². The van der Waals surface area contributed by atoms with Gasteiger partial charge in [-0.3, -0.25) is 9.59 Å². The van der Waals surface area contributed by atoms with Crippen LogP contribution < -0.4 is 4.90 Å². The van der Waals surface area contributed by atoms with Gasteiger partial charge in [0.05, 0.1) is 24.4 Å². The second-order valence-electron chi connectivity index (χ2n) is 6.77. The van der Waals surface area contributed by atoms with E-state index in [9.17, 15) is 9.59 Å². The third-order valence-corrected chi connectivity index (χ3v) is 5.08. The van der Waals surface area contributed by atoms with E-state index >= 15 is 0 Å². The lowest BCUT2D eigenvalue weighted by Crippen LogP contribution is -2.37. The first-order valence-corrected chi connectivity index (χ1v) is 9.22. The molecule has 0 N–H and O–H groups in total. The molecule has 27 heavy (non-hydrogen) atoms. The average molecular weight is 362 g/mol. The summed E-state index contributed by atoms with van der Waals surface area (Å²) in [4.78, 5) is 33.4. The zero-order valence-electron chi connectivity index (χ0n) is 15.3. The van der Waals surface area contributed by atoms with Crippen molar-refractivity contribution in [1.29, 1.82) is 0 Å². The van der Waals surface area contributed by atoms with Gasteiger partial charge in [-0.25, -0.2) is 4.98 Å². The van der Waals surface area contributed by atoms with Gasteiger partial charge in [0.1, 0.15) is 5.65 Å². The van der Waals surface area contributed by atoms with E-state index in [2.05, 4.69) is 4.98 Å². The highest BCUT2D eigenvalue weighted by Crippen LogP contribution is 2.26. The standard InChI is InChI=1S/C21H22N4O2/c1-2-23(15-18-13-22-19-10-6-7-11-24(18)19)21(27)16-12-20(26)25(14-16)17-8-4-3-5-9-17/h3-11,13,16H,2,12,14-15H2,1H3. The molecule has 1 aliphatic heterocycles. The molecule has 6 heteroatoms. The maximum absolute atomic E-state index is 13.1. The first-order chi connectivity index (χ1) is 13.2. The third-order valence-electron chi connectivity index (χ3n) is 5.08. The molecular formula is C21H22N4O2. The van der Waals surface area contributed by atoms with Gasteiger partial charge < -0.3 is 14.2 Å². The molecule has 6 nitrogen and oxygen atoms in total. The Kier molecular flexibility index (Phi) is 4.62. The van der Waals surface area contributed by atoms with Crippen LogP contribution in [0.25, 0.3) is 5.65 Å². The zero-order chi connectivity index (χ0) is 18.8. The second-order valence-corrected chi connectivity index (χ2v) is 6.77. The lowest BCUT2D eigenvalue weighted by Gasteiger charge is -2.24. The van der Waals surface area contributed by atoms with Gasteiger partial charge in [0.25, 0.3) is 0 Å². The molecule has 2 aromatic heterocycles. The van der Waals surface area contributed by atoms with Crippen molar-refractivity contribution in [2.24, 2.45) is 5.92 Å². The smallest absolute Gasteiger partial charge is 0.228 e. The Hall–Kier alpha value is -3.15. The van der Waals surface area contributed by atoms with Crippen molar-refractivity contribution in [2.75, 3.05) is 18.0 Å². The molecule has 138 valence electrons. The second kappa shape index (κ2) is 7.23. The van der Waals surface area contributed by atoms with Gasteiger partial charge in [-0.2, -0.15) is 0 Å². The summed E-state index contributed by atoms with van der Waals surface area (Å²) in [5.74, 6) is -0.280. The molecule has 1 fully saturated rings. The quantitative estimate of drug-likeness (QED) is 0.701. The minimum atomic E-state index is -0.308. The minimum Gasteiger partial charge on any atom is -0.337 e. The van der Waals surface area contributed by atoms with Crippen LogP contribution in [0.2, 0.25) is 0 Å². The minimum absolute atomic E-state index is 0.00501. The van der Waals surface area contributed by atoms with Crippen molar-refractivity contribution in [3.05, 3.63) is 66.6 Å². The molecule has 1 aliphatic rings. The Balaban J connectivity index is 1.50. The van der Waals surface area contributed by atoms with Gasteiger partial charge in [-0.15, -0.1) is 0 Å². The molecule has 0 bridgehead atoms. The number of anilines is 1. The normalized spacial score (nSPS) is 16.9. The van der Waals surface area contributed by atoms with E-state index in [1.165, 1.54) is 0 Å². The van der Waals surface area contributed by atoms with Crippen LogP contribution in [-0.2, 0) is 16.1 Å². The SMILES string of the molecule is CCN(Cc1cnc2ccccn12)C(=O)C1CC(=O)N(c2ccccc2)C1. The fourth-order valence-corrected chi connectivity index (χ4v) is 3.63. The van der Waals surface area contributed by atoms with Crippen LogP contribution >= 0.6 is 0 Å². The van der Waals surface area contributed by atoms with Crippen molar-refractivity contribution >= 4 is 23.1 Å². The fraction of sp³-hybridized carbons (Fsp3) is 0.286. The predicted octanol–water partition coefficient (Wildman–Crippen LogP) is 2.74. The summed E-state index contributed by atoms with van der Waals surface area (Å²) in [6.07, 6.45) is 4.02. The summed E-state index contributed by atoms with van der Waals surface area (Å²) in [6.45, 7) is 3.48. The van der Waals surface area contributed by atoms with E-state index in [0.29, 0.717) is 19.6 Å². The number of hydrogen-bond acceptors (Lipinski definition) is 3. The van der Waals surface area contributed by atoms with Crippen LogP contribution in [0.5, 0.6) is 0 Å².